The predicted octanol–water partition coefficient (Wildman–Crippen LogP) is 5.85. The first-order valence-electron chi connectivity index (χ1n) is 10.2. The van der Waals surface area contributed by atoms with E-state index < -0.39 is 17.8 Å². The van der Waals surface area contributed by atoms with Crippen molar-refractivity contribution in [3.8, 4) is 11.5 Å². The third-order valence-electron chi connectivity index (χ3n) is 5.06. The van der Waals surface area contributed by atoms with Gasteiger partial charge in [-0.05, 0) is 70.6 Å². The molecule has 0 saturated carbocycles. The van der Waals surface area contributed by atoms with Gasteiger partial charge < -0.3 is 9.47 Å². The van der Waals surface area contributed by atoms with Crippen LogP contribution in [0.25, 0.3) is 6.08 Å². The number of carbonyl (C=O) groups excluding carboxylic acids is 3. The maximum absolute atomic E-state index is 13.1. The Morgan fingerprint density at radius 3 is 2.51 bits per heavy atom. The van der Waals surface area contributed by atoms with Crippen LogP contribution in [-0.4, -0.2) is 25.0 Å². The van der Waals surface area contributed by atoms with E-state index in [0.29, 0.717) is 30.7 Å². The van der Waals surface area contributed by atoms with E-state index in [-0.39, 0.29) is 17.9 Å². The monoisotopic (exact) mass is 622 g/mol. The van der Waals surface area contributed by atoms with Crippen LogP contribution >= 0.6 is 45.8 Å². The fraction of sp³-hybridized carbons (Fsp3) is 0.0800. The summed E-state index contributed by atoms with van der Waals surface area (Å²) in [5.74, 6) is -0.673. The third kappa shape index (κ3) is 5.44. The number of imide groups is 2. The molecule has 0 radical (unpaired) electrons. The zero-order valence-corrected chi connectivity index (χ0v) is 21.8. The van der Waals surface area contributed by atoms with Gasteiger partial charge in [0.1, 0.15) is 12.2 Å². The van der Waals surface area contributed by atoms with Gasteiger partial charge in [-0.1, -0.05) is 47.5 Å². The summed E-state index contributed by atoms with van der Waals surface area (Å²) in [4.78, 5) is 38.9. The molecule has 3 aromatic carbocycles. The smallest absolute Gasteiger partial charge is 0.335 e. The van der Waals surface area contributed by atoms with Crippen LogP contribution in [0.4, 0.5) is 10.5 Å². The largest absolute Gasteiger partial charge is 0.493 e. The summed E-state index contributed by atoms with van der Waals surface area (Å²) in [6.45, 7) is 0.226. The number of amides is 4. The topological polar surface area (TPSA) is 84.9 Å². The lowest BCUT2D eigenvalue weighted by atomic mass is 10.1. The molecule has 0 aliphatic carbocycles. The highest BCUT2D eigenvalue weighted by Gasteiger charge is 2.37. The Labute approximate surface area is 224 Å². The number of methoxy groups -OCH3 is 1. The quantitative estimate of drug-likeness (QED) is 0.212. The van der Waals surface area contributed by atoms with E-state index in [1.807, 2.05) is 18.2 Å². The highest BCUT2D eigenvalue weighted by molar-refractivity contribution is 14.1. The van der Waals surface area contributed by atoms with Gasteiger partial charge in [0, 0.05) is 15.6 Å². The predicted molar refractivity (Wildman–Crippen MR) is 142 cm³/mol. The van der Waals surface area contributed by atoms with Gasteiger partial charge in [0.2, 0.25) is 0 Å². The molecule has 4 amide bonds. The second-order valence-corrected chi connectivity index (χ2v) is 9.36. The maximum atomic E-state index is 13.1. The molecule has 1 aliphatic rings. The van der Waals surface area contributed by atoms with Crippen LogP contribution in [0.2, 0.25) is 10.0 Å². The molecule has 0 aromatic heterocycles. The number of anilines is 1. The fourth-order valence-corrected chi connectivity index (χ4v) is 4.56. The number of urea groups is 1. The van der Waals surface area contributed by atoms with Crippen molar-refractivity contribution in [1.82, 2.24) is 5.32 Å². The minimum Gasteiger partial charge on any atom is -0.493 e. The lowest BCUT2D eigenvalue weighted by molar-refractivity contribution is -0.122. The highest BCUT2D eigenvalue weighted by atomic mass is 127. The van der Waals surface area contributed by atoms with Gasteiger partial charge >= 0.3 is 6.03 Å². The average Bonchev–Trinajstić information content (AvgIpc) is 2.81. The second-order valence-electron chi connectivity index (χ2n) is 7.35. The Hall–Kier alpha value is -3.08. The number of hydrogen-bond donors (Lipinski definition) is 1. The summed E-state index contributed by atoms with van der Waals surface area (Å²) < 4.78 is 12.1. The van der Waals surface area contributed by atoms with Gasteiger partial charge in [-0.3, -0.25) is 14.9 Å². The van der Waals surface area contributed by atoms with Crippen molar-refractivity contribution in [3.63, 3.8) is 0 Å². The van der Waals surface area contributed by atoms with Crippen LogP contribution in [0.3, 0.4) is 0 Å². The Morgan fingerprint density at radius 2 is 1.80 bits per heavy atom. The lowest BCUT2D eigenvalue weighted by Crippen LogP contribution is -2.54. The van der Waals surface area contributed by atoms with E-state index in [1.165, 1.54) is 19.3 Å². The number of halogens is 3. The molecule has 1 fully saturated rings. The summed E-state index contributed by atoms with van der Waals surface area (Å²) in [6, 6.07) is 16.1. The molecule has 0 bridgehead atoms. The molecular formula is C25H17Cl2IN2O5. The summed E-state index contributed by atoms with van der Waals surface area (Å²) >= 11 is 14.3. The van der Waals surface area contributed by atoms with Crippen molar-refractivity contribution >= 4 is 75.4 Å². The van der Waals surface area contributed by atoms with E-state index in [0.717, 1.165) is 10.5 Å². The second kappa shape index (κ2) is 10.7. The van der Waals surface area contributed by atoms with Crippen LogP contribution < -0.4 is 19.7 Å². The average molecular weight is 623 g/mol. The molecule has 7 nitrogen and oxygen atoms in total. The normalized spacial score (nSPS) is 14.8. The van der Waals surface area contributed by atoms with Crippen LogP contribution in [0.15, 0.2) is 66.2 Å². The summed E-state index contributed by atoms with van der Waals surface area (Å²) in [6.07, 6.45) is 1.39. The fourth-order valence-electron chi connectivity index (χ4n) is 3.40. The first-order valence-corrected chi connectivity index (χ1v) is 12.0. The molecule has 0 atom stereocenters. The van der Waals surface area contributed by atoms with Crippen molar-refractivity contribution in [2.45, 2.75) is 6.61 Å². The summed E-state index contributed by atoms with van der Waals surface area (Å²) in [5.41, 5.74) is 1.35. The van der Waals surface area contributed by atoms with E-state index in [1.54, 1.807) is 36.4 Å². The van der Waals surface area contributed by atoms with Crippen molar-refractivity contribution < 1.29 is 23.9 Å². The molecule has 1 N–H and O–H groups in total. The Morgan fingerprint density at radius 1 is 1.03 bits per heavy atom. The van der Waals surface area contributed by atoms with Gasteiger partial charge in [0.15, 0.2) is 11.5 Å². The Kier molecular flexibility index (Phi) is 7.63. The Bertz CT molecular complexity index is 1380. The zero-order valence-electron chi connectivity index (χ0n) is 18.2. The number of nitrogens with one attached hydrogen (secondary N) is 1. The number of carbonyl (C=O) groups is 3. The molecule has 0 spiro atoms. The van der Waals surface area contributed by atoms with Crippen molar-refractivity contribution in [2.75, 3.05) is 12.0 Å². The van der Waals surface area contributed by atoms with E-state index in [9.17, 15) is 14.4 Å². The van der Waals surface area contributed by atoms with Crippen LogP contribution in [-0.2, 0) is 16.2 Å². The number of barbiturate groups is 1. The molecule has 178 valence electrons. The molecule has 10 heteroatoms. The minimum absolute atomic E-state index is 0.216. The van der Waals surface area contributed by atoms with Gasteiger partial charge in [-0.2, -0.15) is 0 Å². The van der Waals surface area contributed by atoms with Gasteiger partial charge in [-0.25, -0.2) is 9.69 Å². The van der Waals surface area contributed by atoms with E-state index >= 15 is 0 Å². The van der Waals surface area contributed by atoms with Crippen molar-refractivity contribution in [2.24, 2.45) is 0 Å². The summed E-state index contributed by atoms with van der Waals surface area (Å²) in [5, 5.41) is 3.12. The standard InChI is InChI=1S/C25H17Cl2IN2O5/c1-34-21-11-14(10-20(28)22(21)35-13-15-5-2-3-8-19(15)27)9-18-23(31)29-25(33)30(24(18)32)17-7-4-6-16(26)12-17/h2-12H,13H2,1H3,(H,29,31,33)/b18-9+. The lowest BCUT2D eigenvalue weighted by Gasteiger charge is -2.26. The molecule has 1 saturated heterocycles. The summed E-state index contributed by atoms with van der Waals surface area (Å²) in [7, 11) is 1.49. The van der Waals surface area contributed by atoms with E-state index in [4.69, 9.17) is 32.7 Å². The highest BCUT2D eigenvalue weighted by Crippen LogP contribution is 2.36. The first kappa shape index (κ1) is 25.0. The van der Waals surface area contributed by atoms with E-state index in [2.05, 4.69) is 27.9 Å². The van der Waals surface area contributed by atoms with Crippen molar-refractivity contribution in [3.05, 3.63) is 91.0 Å². The van der Waals surface area contributed by atoms with Gasteiger partial charge in [-0.15, -0.1) is 0 Å². The van der Waals surface area contributed by atoms with Gasteiger partial charge in [0.05, 0.1) is 16.4 Å². The first-order chi connectivity index (χ1) is 16.8. The van der Waals surface area contributed by atoms with Crippen LogP contribution in [0.5, 0.6) is 11.5 Å². The number of rotatable bonds is 6. The van der Waals surface area contributed by atoms with Gasteiger partial charge in [0.25, 0.3) is 11.8 Å². The zero-order chi connectivity index (χ0) is 25.1. The minimum atomic E-state index is -0.852. The molecule has 4 rings (SSSR count). The van der Waals surface area contributed by atoms with Crippen LogP contribution in [0.1, 0.15) is 11.1 Å². The van der Waals surface area contributed by atoms with Crippen LogP contribution in [0, 0.1) is 3.57 Å². The molecule has 1 heterocycles. The maximum Gasteiger partial charge on any atom is 0.335 e. The Balaban J connectivity index is 1.65. The number of benzene rings is 3. The number of ether oxygens (including phenoxy) is 2. The third-order valence-corrected chi connectivity index (χ3v) is 6.47. The SMILES string of the molecule is COc1cc(/C=C2\C(=O)NC(=O)N(c3cccc(Cl)c3)C2=O)cc(I)c1OCc1ccccc1Cl. The number of nitrogens with zero attached hydrogens (tertiary/aromatic N) is 1. The molecule has 0 unspecified atom stereocenters. The van der Waals surface area contributed by atoms with Crippen molar-refractivity contribution in [1.29, 1.82) is 0 Å². The molecule has 3 aromatic rings. The number of hydrogen-bond acceptors (Lipinski definition) is 5. The molecule has 35 heavy (non-hydrogen) atoms. The molecular weight excluding hydrogens is 606 g/mol. The molecule has 1 aliphatic heterocycles.